The average molecular weight is 752 g/mol. The largest absolute Gasteiger partial charge is 0.471 e. The Kier molecular flexibility index (Phi) is 11.0. The first-order valence-corrected chi connectivity index (χ1v) is 20.6. The van der Waals surface area contributed by atoms with Gasteiger partial charge < -0.3 is 14.4 Å². The van der Waals surface area contributed by atoms with Crippen LogP contribution in [0.4, 0.5) is 0 Å². The van der Waals surface area contributed by atoms with Crippen molar-refractivity contribution in [3.05, 3.63) is 36.2 Å². The zero-order valence-corrected chi connectivity index (χ0v) is 32.5. The molecule has 4 heterocycles. The Labute approximate surface area is 312 Å². The molecule has 3 fully saturated rings. The summed E-state index contributed by atoms with van der Waals surface area (Å²) in [5.41, 5.74) is -0.471. The van der Waals surface area contributed by atoms with Crippen LogP contribution < -0.4 is 9.46 Å². The van der Waals surface area contributed by atoms with E-state index in [4.69, 9.17) is 9.47 Å². The summed E-state index contributed by atoms with van der Waals surface area (Å²) in [5, 5.41) is -0.596. The van der Waals surface area contributed by atoms with Gasteiger partial charge in [0.05, 0.1) is 35.6 Å². The van der Waals surface area contributed by atoms with E-state index in [1.165, 1.54) is 4.90 Å². The summed E-state index contributed by atoms with van der Waals surface area (Å²) in [7, 11) is -3.85. The summed E-state index contributed by atoms with van der Waals surface area (Å²) < 4.78 is 40.2. The van der Waals surface area contributed by atoms with Crippen LogP contribution >= 0.6 is 0 Å². The molecule has 0 spiro atoms. The van der Waals surface area contributed by atoms with Gasteiger partial charge in [-0.1, -0.05) is 32.4 Å². The van der Waals surface area contributed by atoms with Gasteiger partial charge in [0.2, 0.25) is 27.7 Å². The van der Waals surface area contributed by atoms with Crippen LogP contribution in [0.25, 0.3) is 11.2 Å². The Morgan fingerprint density at radius 2 is 1.87 bits per heavy atom. The van der Waals surface area contributed by atoms with Crippen molar-refractivity contribution in [3.8, 4) is 5.88 Å². The fourth-order valence-electron chi connectivity index (χ4n) is 8.04. The molecule has 2 aromatic heterocycles. The van der Waals surface area contributed by atoms with E-state index in [9.17, 15) is 27.6 Å². The number of allylic oxidation sites excluding steroid dienone is 2. The minimum atomic E-state index is -3.85. The highest BCUT2D eigenvalue weighted by atomic mass is 32.2. The molecular weight excluding hydrogens is 699 g/mol. The average Bonchev–Trinajstić information content (AvgIpc) is 4.00. The molecular formula is C39H53N5O8S. The third-order valence-electron chi connectivity index (χ3n) is 11.2. The molecule has 0 aromatic carbocycles. The molecule has 0 unspecified atom stereocenters. The summed E-state index contributed by atoms with van der Waals surface area (Å²) in [5.74, 6) is -2.62. The molecule has 2 aliphatic carbocycles. The van der Waals surface area contributed by atoms with Gasteiger partial charge in [-0.3, -0.25) is 23.9 Å². The molecule has 1 saturated heterocycles. The van der Waals surface area contributed by atoms with Crippen molar-refractivity contribution in [2.75, 3.05) is 6.54 Å². The Morgan fingerprint density at radius 3 is 2.57 bits per heavy atom. The number of ether oxygens (including phenoxy) is 2. The van der Waals surface area contributed by atoms with Crippen molar-refractivity contribution in [2.24, 2.45) is 29.1 Å². The zero-order chi connectivity index (χ0) is 38.3. The smallest absolute Gasteiger partial charge is 0.307 e. The van der Waals surface area contributed by atoms with Gasteiger partial charge in [0, 0.05) is 19.0 Å². The van der Waals surface area contributed by atoms with E-state index < -0.39 is 56.2 Å². The molecule has 2 aromatic rings. The van der Waals surface area contributed by atoms with E-state index >= 15 is 0 Å². The molecule has 0 bridgehead atoms. The number of rotatable bonds is 8. The minimum absolute atomic E-state index is 0.0476. The lowest BCUT2D eigenvalue weighted by Gasteiger charge is -2.33. The standard InChI is InChI=1S/C39H53N5O8S/c1-7-25-17-23(2)11-8-9-12-26-20-39(26,37(48)43-53(49,50)28-14-15-28)21-32(45)31-18-27(51-35-24(3)41-30-13-10-16-40-34(30)42-35)22-44(31)36(47)29(25)19-33(46)52-38(4,5)6/h9-10,12-13,16,23,25-29,31H,7-8,11,14-15,17-22H2,1-6H3,(H,43,48)/b12-9-/t23-,25-,26-,27-,29+,31+,39-/m1/s1. The number of amides is 2. The Hall–Kier alpha value is -3.94. The first kappa shape index (κ1) is 38.8. The van der Waals surface area contributed by atoms with E-state index in [1.54, 1.807) is 46.0 Å². The summed E-state index contributed by atoms with van der Waals surface area (Å²) in [4.78, 5) is 71.6. The normalized spacial score (nSPS) is 30.4. The lowest BCUT2D eigenvalue weighted by atomic mass is 9.79. The highest BCUT2D eigenvalue weighted by Gasteiger charge is 2.61. The molecule has 2 amide bonds. The van der Waals surface area contributed by atoms with E-state index in [0.717, 1.165) is 12.8 Å². The Balaban J connectivity index is 1.35. The third kappa shape index (κ3) is 8.90. The molecule has 14 heteroatoms. The van der Waals surface area contributed by atoms with Gasteiger partial charge in [-0.15, -0.1) is 0 Å². The molecule has 1 N–H and O–H groups in total. The van der Waals surface area contributed by atoms with Crippen LogP contribution in [0.3, 0.4) is 0 Å². The molecule has 7 atom stereocenters. The topological polar surface area (TPSA) is 175 Å². The summed E-state index contributed by atoms with van der Waals surface area (Å²) >= 11 is 0. The number of ketones is 1. The Bertz CT molecular complexity index is 1890. The number of aromatic nitrogens is 3. The molecule has 2 saturated carbocycles. The number of pyridine rings is 1. The number of hydrogen-bond acceptors (Lipinski definition) is 11. The van der Waals surface area contributed by atoms with Gasteiger partial charge in [-0.05, 0) is 96.1 Å². The summed E-state index contributed by atoms with van der Waals surface area (Å²) in [6.07, 6.45) is 8.88. The van der Waals surface area contributed by atoms with E-state index in [2.05, 4.69) is 26.6 Å². The Morgan fingerprint density at radius 1 is 1.11 bits per heavy atom. The van der Waals surface area contributed by atoms with Crippen LogP contribution in [0.5, 0.6) is 5.88 Å². The fourth-order valence-corrected chi connectivity index (χ4v) is 9.43. The molecule has 2 aliphatic heterocycles. The first-order chi connectivity index (χ1) is 25.0. The van der Waals surface area contributed by atoms with Crippen molar-refractivity contribution in [2.45, 2.75) is 129 Å². The summed E-state index contributed by atoms with van der Waals surface area (Å²) in [6.45, 7) is 11.3. The van der Waals surface area contributed by atoms with Crippen molar-refractivity contribution < 1.29 is 37.1 Å². The van der Waals surface area contributed by atoms with Crippen LogP contribution in [0.1, 0.15) is 105 Å². The van der Waals surface area contributed by atoms with Gasteiger partial charge in [0.1, 0.15) is 22.9 Å². The molecule has 4 aliphatic rings. The second-order valence-electron chi connectivity index (χ2n) is 16.6. The highest BCUT2D eigenvalue weighted by Crippen LogP contribution is 2.57. The number of esters is 1. The quantitative estimate of drug-likeness (QED) is 0.284. The number of carbonyl (C=O) groups excluding carboxylic acids is 4. The van der Waals surface area contributed by atoms with E-state index in [1.807, 2.05) is 19.1 Å². The van der Waals surface area contributed by atoms with Gasteiger partial charge in [-0.25, -0.2) is 18.4 Å². The maximum Gasteiger partial charge on any atom is 0.307 e. The number of aryl methyl sites for hydroxylation is 1. The van der Waals surface area contributed by atoms with Crippen LogP contribution in [0.2, 0.25) is 0 Å². The number of Topliss-reactive ketones (excluding diaryl/α,β-unsaturated/α-hetero) is 1. The van der Waals surface area contributed by atoms with Gasteiger partial charge in [0.25, 0.3) is 0 Å². The van der Waals surface area contributed by atoms with Crippen LogP contribution in [-0.2, 0) is 33.9 Å². The zero-order valence-electron chi connectivity index (χ0n) is 31.7. The van der Waals surface area contributed by atoms with E-state index in [0.29, 0.717) is 49.0 Å². The maximum absolute atomic E-state index is 14.9. The van der Waals surface area contributed by atoms with Crippen LogP contribution in [0.15, 0.2) is 30.5 Å². The number of nitrogens with one attached hydrogen (secondary N) is 1. The third-order valence-corrected chi connectivity index (χ3v) is 13.0. The lowest BCUT2D eigenvalue weighted by Crippen LogP contribution is -2.48. The van der Waals surface area contributed by atoms with Crippen molar-refractivity contribution >= 4 is 44.8 Å². The number of nitrogens with zero attached hydrogens (tertiary/aromatic N) is 4. The van der Waals surface area contributed by atoms with Crippen molar-refractivity contribution in [1.29, 1.82) is 0 Å². The van der Waals surface area contributed by atoms with Crippen LogP contribution in [-0.4, -0.2) is 81.4 Å². The fraction of sp³-hybridized carbons (Fsp3) is 0.667. The minimum Gasteiger partial charge on any atom is -0.471 e. The van der Waals surface area contributed by atoms with Crippen LogP contribution in [0, 0.1) is 36.0 Å². The van der Waals surface area contributed by atoms with E-state index in [-0.39, 0.29) is 61.1 Å². The number of sulfonamides is 1. The second kappa shape index (κ2) is 15.1. The van der Waals surface area contributed by atoms with Gasteiger partial charge in [0.15, 0.2) is 11.4 Å². The predicted molar refractivity (Wildman–Crippen MR) is 197 cm³/mol. The lowest BCUT2D eigenvalue weighted by molar-refractivity contribution is -0.160. The molecule has 288 valence electrons. The van der Waals surface area contributed by atoms with Gasteiger partial charge >= 0.3 is 5.97 Å². The maximum atomic E-state index is 14.9. The summed E-state index contributed by atoms with van der Waals surface area (Å²) in [6, 6.07) is 2.59. The molecule has 13 nitrogen and oxygen atoms in total. The number of carbonyl (C=O) groups is 4. The number of hydrogen-bond donors (Lipinski definition) is 1. The van der Waals surface area contributed by atoms with Gasteiger partial charge in [-0.2, -0.15) is 4.98 Å². The molecule has 0 radical (unpaired) electrons. The number of fused-ring (bicyclic) bond motifs is 3. The second-order valence-corrected chi connectivity index (χ2v) is 18.6. The molecule has 53 heavy (non-hydrogen) atoms. The molecule has 6 rings (SSSR count). The highest BCUT2D eigenvalue weighted by molar-refractivity contribution is 7.90. The SMILES string of the molecule is CC[C@@H]1C[C@H](C)CC/C=C\[C@@H]2C[C@@]2(C(=O)NS(=O)(=O)C2CC2)CC(=O)[C@@H]2C[C@@H](Oc3nc4ncccc4nc3C)CN2C(=O)[C@H]1CC(=O)OC(C)(C)C. The predicted octanol–water partition coefficient (Wildman–Crippen LogP) is 5.01. The first-order valence-electron chi connectivity index (χ1n) is 19.0. The van der Waals surface area contributed by atoms with Crippen molar-refractivity contribution in [1.82, 2.24) is 24.6 Å². The van der Waals surface area contributed by atoms with Crippen molar-refractivity contribution in [3.63, 3.8) is 0 Å². The monoisotopic (exact) mass is 751 g/mol.